The zero-order valence-corrected chi connectivity index (χ0v) is 16.0. The average molecular weight is 374 g/mol. The SMILES string of the molecule is CC(=O)Nc1cccc(Nc2ccc(C(=O)Nc3cc(C)cc(C)c3)nc2)c1. The molecule has 0 unspecified atom stereocenters. The number of hydrogen-bond acceptors (Lipinski definition) is 4. The van der Waals surface area contributed by atoms with Crippen LogP contribution in [0.3, 0.4) is 0 Å². The predicted octanol–water partition coefficient (Wildman–Crippen LogP) is 4.65. The van der Waals surface area contributed by atoms with E-state index in [1.807, 2.05) is 50.2 Å². The summed E-state index contributed by atoms with van der Waals surface area (Å²) in [5, 5.41) is 8.81. The van der Waals surface area contributed by atoms with Gasteiger partial charge in [-0.3, -0.25) is 9.59 Å². The second-order valence-corrected chi connectivity index (χ2v) is 6.65. The molecule has 0 aliphatic carbocycles. The van der Waals surface area contributed by atoms with Crippen LogP contribution < -0.4 is 16.0 Å². The molecular weight excluding hydrogens is 352 g/mol. The predicted molar refractivity (Wildman–Crippen MR) is 112 cm³/mol. The molecule has 0 radical (unpaired) electrons. The van der Waals surface area contributed by atoms with Crippen LogP contribution in [0.4, 0.5) is 22.7 Å². The molecule has 6 heteroatoms. The number of aryl methyl sites for hydroxylation is 2. The molecule has 0 bridgehead atoms. The number of carbonyl (C=O) groups is 2. The number of rotatable bonds is 5. The zero-order valence-electron chi connectivity index (χ0n) is 16.0. The van der Waals surface area contributed by atoms with Crippen LogP contribution in [0.15, 0.2) is 60.8 Å². The maximum absolute atomic E-state index is 12.4. The van der Waals surface area contributed by atoms with E-state index in [-0.39, 0.29) is 11.8 Å². The van der Waals surface area contributed by atoms with Crippen LogP contribution in [0.25, 0.3) is 0 Å². The van der Waals surface area contributed by atoms with Crippen molar-refractivity contribution in [1.29, 1.82) is 0 Å². The third-order valence-corrected chi connectivity index (χ3v) is 3.95. The van der Waals surface area contributed by atoms with Gasteiger partial charge in [0.15, 0.2) is 0 Å². The van der Waals surface area contributed by atoms with Gasteiger partial charge in [0.05, 0.1) is 11.9 Å². The molecule has 0 saturated heterocycles. The Hall–Kier alpha value is -3.67. The maximum Gasteiger partial charge on any atom is 0.274 e. The molecule has 0 saturated carbocycles. The van der Waals surface area contributed by atoms with Crippen LogP contribution in [0, 0.1) is 13.8 Å². The molecule has 6 nitrogen and oxygen atoms in total. The van der Waals surface area contributed by atoms with Crippen molar-refractivity contribution in [1.82, 2.24) is 4.98 Å². The van der Waals surface area contributed by atoms with Crippen LogP contribution in [-0.4, -0.2) is 16.8 Å². The van der Waals surface area contributed by atoms with Crippen molar-refractivity contribution in [3.8, 4) is 0 Å². The molecule has 3 rings (SSSR count). The fraction of sp³-hybridized carbons (Fsp3) is 0.136. The highest BCUT2D eigenvalue weighted by Gasteiger charge is 2.08. The van der Waals surface area contributed by atoms with E-state index < -0.39 is 0 Å². The van der Waals surface area contributed by atoms with E-state index in [0.717, 1.165) is 28.2 Å². The summed E-state index contributed by atoms with van der Waals surface area (Å²) in [6.45, 7) is 5.44. The van der Waals surface area contributed by atoms with E-state index in [1.54, 1.807) is 18.3 Å². The number of aromatic nitrogens is 1. The van der Waals surface area contributed by atoms with E-state index in [2.05, 4.69) is 27.0 Å². The average Bonchev–Trinajstić information content (AvgIpc) is 2.61. The smallest absolute Gasteiger partial charge is 0.274 e. The Morgan fingerprint density at radius 3 is 2.14 bits per heavy atom. The van der Waals surface area contributed by atoms with Gasteiger partial charge in [-0.2, -0.15) is 0 Å². The molecular formula is C22H22N4O2. The van der Waals surface area contributed by atoms with Gasteiger partial charge in [0.2, 0.25) is 5.91 Å². The van der Waals surface area contributed by atoms with Crippen molar-refractivity contribution in [2.45, 2.75) is 20.8 Å². The lowest BCUT2D eigenvalue weighted by Gasteiger charge is -2.10. The molecule has 0 spiro atoms. The zero-order chi connectivity index (χ0) is 20.1. The Kier molecular flexibility index (Phi) is 5.69. The summed E-state index contributed by atoms with van der Waals surface area (Å²) in [6, 6.07) is 16.7. The van der Waals surface area contributed by atoms with Crippen LogP contribution in [-0.2, 0) is 4.79 Å². The summed E-state index contributed by atoms with van der Waals surface area (Å²) in [5.74, 6) is -0.387. The van der Waals surface area contributed by atoms with Crippen molar-refractivity contribution in [3.63, 3.8) is 0 Å². The fourth-order valence-electron chi connectivity index (χ4n) is 2.89. The standard InChI is InChI=1S/C22H22N4O2/c1-14-9-15(2)11-20(10-14)26-22(28)21-8-7-19(13-23-21)25-18-6-4-5-17(12-18)24-16(3)27/h4-13,25H,1-3H3,(H,24,27)(H,26,28). The summed E-state index contributed by atoms with van der Waals surface area (Å²) in [6.07, 6.45) is 1.60. The molecule has 2 amide bonds. The van der Waals surface area contributed by atoms with E-state index >= 15 is 0 Å². The Morgan fingerprint density at radius 1 is 0.786 bits per heavy atom. The quantitative estimate of drug-likeness (QED) is 0.607. The van der Waals surface area contributed by atoms with Gasteiger partial charge >= 0.3 is 0 Å². The Balaban J connectivity index is 1.67. The lowest BCUT2D eigenvalue weighted by atomic mass is 10.1. The van der Waals surface area contributed by atoms with Crippen molar-refractivity contribution in [3.05, 3.63) is 77.6 Å². The summed E-state index contributed by atoms with van der Waals surface area (Å²) in [7, 11) is 0. The maximum atomic E-state index is 12.4. The van der Waals surface area contributed by atoms with E-state index in [9.17, 15) is 9.59 Å². The highest BCUT2D eigenvalue weighted by atomic mass is 16.2. The van der Waals surface area contributed by atoms with Crippen LogP contribution in [0.1, 0.15) is 28.5 Å². The molecule has 28 heavy (non-hydrogen) atoms. The highest BCUT2D eigenvalue weighted by Crippen LogP contribution is 2.20. The largest absolute Gasteiger partial charge is 0.354 e. The number of hydrogen-bond donors (Lipinski definition) is 3. The lowest BCUT2D eigenvalue weighted by molar-refractivity contribution is -0.114. The molecule has 0 fully saturated rings. The number of nitrogens with one attached hydrogen (secondary N) is 3. The second-order valence-electron chi connectivity index (χ2n) is 6.65. The first-order valence-electron chi connectivity index (χ1n) is 8.89. The van der Waals surface area contributed by atoms with Gasteiger partial charge in [-0.1, -0.05) is 12.1 Å². The minimum Gasteiger partial charge on any atom is -0.354 e. The normalized spacial score (nSPS) is 10.2. The summed E-state index contributed by atoms with van der Waals surface area (Å²) in [4.78, 5) is 27.8. The van der Waals surface area contributed by atoms with Gasteiger partial charge in [0.1, 0.15) is 5.69 Å². The van der Waals surface area contributed by atoms with Gasteiger partial charge in [-0.25, -0.2) is 4.98 Å². The van der Waals surface area contributed by atoms with Crippen molar-refractivity contribution in [2.24, 2.45) is 0 Å². The minimum absolute atomic E-state index is 0.127. The number of anilines is 4. The third kappa shape index (κ3) is 5.17. The van der Waals surface area contributed by atoms with Crippen LogP contribution >= 0.6 is 0 Å². The Morgan fingerprint density at radius 2 is 1.50 bits per heavy atom. The van der Waals surface area contributed by atoms with Crippen molar-refractivity contribution < 1.29 is 9.59 Å². The molecule has 2 aromatic carbocycles. The molecule has 3 aromatic rings. The first kappa shape index (κ1) is 19.1. The van der Waals surface area contributed by atoms with Gasteiger partial charge < -0.3 is 16.0 Å². The van der Waals surface area contributed by atoms with Gasteiger partial charge in [0.25, 0.3) is 5.91 Å². The summed E-state index contributed by atoms with van der Waals surface area (Å²) < 4.78 is 0. The number of benzene rings is 2. The molecule has 0 atom stereocenters. The molecule has 142 valence electrons. The lowest BCUT2D eigenvalue weighted by Crippen LogP contribution is -2.13. The molecule has 1 heterocycles. The van der Waals surface area contributed by atoms with Crippen LogP contribution in [0.5, 0.6) is 0 Å². The highest BCUT2D eigenvalue weighted by molar-refractivity contribution is 6.03. The van der Waals surface area contributed by atoms with E-state index in [1.165, 1.54) is 6.92 Å². The Bertz CT molecular complexity index is 993. The number of pyridine rings is 1. The number of amides is 2. The topological polar surface area (TPSA) is 83.1 Å². The molecule has 1 aromatic heterocycles. The van der Waals surface area contributed by atoms with E-state index in [0.29, 0.717) is 11.4 Å². The van der Waals surface area contributed by atoms with E-state index in [4.69, 9.17) is 0 Å². The first-order chi connectivity index (χ1) is 13.4. The van der Waals surface area contributed by atoms with Gasteiger partial charge in [0, 0.05) is 24.0 Å². The van der Waals surface area contributed by atoms with Crippen LogP contribution in [0.2, 0.25) is 0 Å². The van der Waals surface area contributed by atoms with Crippen molar-refractivity contribution in [2.75, 3.05) is 16.0 Å². The summed E-state index contributed by atoms with van der Waals surface area (Å²) in [5.41, 5.74) is 5.50. The van der Waals surface area contributed by atoms with Gasteiger partial charge in [-0.15, -0.1) is 0 Å². The Labute approximate surface area is 164 Å². The van der Waals surface area contributed by atoms with Gasteiger partial charge in [-0.05, 0) is 67.4 Å². The molecule has 0 aliphatic heterocycles. The number of nitrogens with zero attached hydrogens (tertiary/aromatic N) is 1. The minimum atomic E-state index is -0.260. The monoisotopic (exact) mass is 374 g/mol. The second kappa shape index (κ2) is 8.35. The molecule has 3 N–H and O–H groups in total. The fourth-order valence-corrected chi connectivity index (χ4v) is 2.89. The van der Waals surface area contributed by atoms with Crippen molar-refractivity contribution >= 4 is 34.6 Å². The molecule has 0 aliphatic rings. The first-order valence-corrected chi connectivity index (χ1v) is 8.89. The summed E-state index contributed by atoms with van der Waals surface area (Å²) >= 11 is 0. The number of carbonyl (C=O) groups excluding carboxylic acids is 2. The third-order valence-electron chi connectivity index (χ3n) is 3.95.